The smallest absolute Gasteiger partial charge is 0.142 e. The average Bonchev–Trinajstić information content (AvgIpc) is 2.77. The van der Waals surface area contributed by atoms with E-state index in [1.165, 1.54) is 0 Å². The summed E-state index contributed by atoms with van der Waals surface area (Å²) in [5, 5.41) is 3.39. The van der Waals surface area contributed by atoms with Crippen molar-refractivity contribution in [3.05, 3.63) is 34.1 Å². The molecule has 100 valence electrons. The van der Waals surface area contributed by atoms with Crippen molar-refractivity contribution in [2.45, 2.75) is 32.4 Å². The molecule has 1 aromatic carbocycles. The number of nitrogens with one attached hydrogen (secondary N) is 1. The standard InChI is InChI=1S/C14H19BrFNO/c1-3-17-14(10-7-9(2)18-8-10)11-5-4-6-12(15)13(11)16/h4-6,9-10,14,17H,3,7-8H2,1-2H3. The van der Waals surface area contributed by atoms with Crippen LogP contribution in [-0.4, -0.2) is 19.3 Å². The summed E-state index contributed by atoms with van der Waals surface area (Å²) in [6.45, 7) is 5.63. The molecule has 3 atom stereocenters. The van der Waals surface area contributed by atoms with Gasteiger partial charge in [0, 0.05) is 17.5 Å². The molecular formula is C14H19BrFNO. The molecule has 1 heterocycles. The van der Waals surface area contributed by atoms with Crippen LogP contribution in [0.4, 0.5) is 4.39 Å². The topological polar surface area (TPSA) is 21.3 Å². The van der Waals surface area contributed by atoms with Gasteiger partial charge < -0.3 is 10.1 Å². The van der Waals surface area contributed by atoms with Crippen molar-refractivity contribution >= 4 is 15.9 Å². The van der Waals surface area contributed by atoms with E-state index >= 15 is 0 Å². The number of hydrogen-bond donors (Lipinski definition) is 1. The van der Waals surface area contributed by atoms with E-state index in [0.717, 1.165) is 18.5 Å². The van der Waals surface area contributed by atoms with E-state index in [1.54, 1.807) is 6.07 Å². The first-order chi connectivity index (χ1) is 8.63. The fourth-order valence-corrected chi connectivity index (χ4v) is 2.98. The van der Waals surface area contributed by atoms with Crippen LogP contribution in [0.3, 0.4) is 0 Å². The molecule has 0 radical (unpaired) electrons. The molecule has 0 spiro atoms. The summed E-state index contributed by atoms with van der Waals surface area (Å²) in [5.74, 6) is 0.173. The Morgan fingerprint density at radius 2 is 2.33 bits per heavy atom. The number of rotatable bonds is 4. The Hall–Kier alpha value is -0.450. The maximum atomic E-state index is 14.2. The van der Waals surface area contributed by atoms with Gasteiger partial charge in [-0.3, -0.25) is 0 Å². The van der Waals surface area contributed by atoms with Crippen molar-refractivity contribution in [3.63, 3.8) is 0 Å². The van der Waals surface area contributed by atoms with Gasteiger partial charge in [-0.25, -0.2) is 4.39 Å². The number of ether oxygens (including phenoxy) is 1. The van der Waals surface area contributed by atoms with Crippen molar-refractivity contribution in [2.24, 2.45) is 5.92 Å². The van der Waals surface area contributed by atoms with Gasteiger partial charge in [0.05, 0.1) is 17.2 Å². The van der Waals surface area contributed by atoms with Crippen LogP contribution in [0.15, 0.2) is 22.7 Å². The van der Waals surface area contributed by atoms with E-state index < -0.39 is 0 Å². The molecular weight excluding hydrogens is 297 g/mol. The Morgan fingerprint density at radius 3 is 2.94 bits per heavy atom. The molecule has 0 aliphatic carbocycles. The lowest BCUT2D eigenvalue weighted by Crippen LogP contribution is -2.29. The summed E-state index contributed by atoms with van der Waals surface area (Å²) in [7, 11) is 0. The van der Waals surface area contributed by atoms with Gasteiger partial charge in [0.1, 0.15) is 5.82 Å². The Kier molecular flexibility index (Phi) is 4.76. The minimum Gasteiger partial charge on any atom is -0.378 e. The lowest BCUT2D eigenvalue weighted by Gasteiger charge is -2.24. The predicted octanol–water partition coefficient (Wildman–Crippen LogP) is 3.66. The largest absolute Gasteiger partial charge is 0.378 e. The Morgan fingerprint density at radius 1 is 1.56 bits per heavy atom. The molecule has 1 aliphatic heterocycles. The Labute approximate surface area is 116 Å². The highest BCUT2D eigenvalue weighted by Gasteiger charge is 2.31. The molecule has 1 aromatic rings. The molecule has 4 heteroatoms. The van der Waals surface area contributed by atoms with E-state index in [-0.39, 0.29) is 18.0 Å². The second-order valence-corrected chi connectivity index (χ2v) is 5.67. The van der Waals surface area contributed by atoms with Crippen LogP contribution in [0.5, 0.6) is 0 Å². The molecule has 0 saturated carbocycles. The number of benzene rings is 1. The summed E-state index contributed by atoms with van der Waals surface area (Å²) in [4.78, 5) is 0. The van der Waals surface area contributed by atoms with E-state index in [4.69, 9.17) is 4.74 Å². The molecule has 1 fully saturated rings. The fourth-order valence-electron chi connectivity index (χ4n) is 2.59. The molecule has 1 saturated heterocycles. The van der Waals surface area contributed by atoms with E-state index in [0.29, 0.717) is 17.0 Å². The molecule has 2 rings (SSSR count). The van der Waals surface area contributed by atoms with Crippen LogP contribution < -0.4 is 5.32 Å². The first kappa shape index (κ1) is 14.0. The second kappa shape index (κ2) is 6.13. The molecule has 0 amide bonds. The molecule has 3 unspecified atom stereocenters. The summed E-state index contributed by atoms with van der Waals surface area (Å²) in [5.41, 5.74) is 0.730. The van der Waals surface area contributed by atoms with E-state index in [1.807, 2.05) is 19.1 Å². The first-order valence-corrected chi connectivity index (χ1v) is 7.21. The van der Waals surface area contributed by atoms with Gasteiger partial charge in [-0.2, -0.15) is 0 Å². The normalized spacial score (nSPS) is 25.3. The van der Waals surface area contributed by atoms with Crippen LogP contribution >= 0.6 is 15.9 Å². The molecule has 1 aliphatic rings. The molecule has 0 aromatic heterocycles. The van der Waals surface area contributed by atoms with Gasteiger partial charge in [-0.15, -0.1) is 0 Å². The van der Waals surface area contributed by atoms with Gasteiger partial charge in [0.25, 0.3) is 0 Å². The van der Waals surface area contributed by atoms with Gasteiger partial charge >= 0.3 is 0 Å². The summed E-state index contributed by atoms with van der Waals surface area (Å²) >= 11 is 3.25. The number of hydrogen-bond acceptors (Lipinski definition) is 2. The third-order valence-corrected chi connectivity index (χ3v) is 4.05. The number of halogens is 2. The lowest BCUT2D eigenvalue weighted by molar-refractivity contribution is 0.116. The highest BCUT2D eigenvalue weighted by Crippen LogP contribution is 2.34. The van der Waals surface area contributed by atoms with Crippen molar-refractivity contribution in [1.29, 1.82) is 0 Å². The Bertz CT molecular complexity index is 413. The molecule has 0 bridgehead atoms. The molecule has 2 nitrogen and oxygen atoms in total. The zero-order valence-corrected chi connectivity index (χ0v) is 12.3. The molecule has 18 heavy (non-hydrogen) atoms. The van der Waals surface area contributed by atoms with Crippen molar-refractivity contribution in [3.8, 4) is 0 Å². The SMILES string of the molecule is CCNC(c1cccc(Br)c1F)C1COC(C)C1. The van der Waals surface area contributed by atoms with Crippen LogP contribution in [0.1, 0.15) is 31.9 Å². The van der Waals surface area contributed by atoms with Gasteiger partial charge in [-0.1, -0.05) is 19.1 Å². The van der Waals surface area contributed by atoms with Gasteiger partial charge in [-0.05, 0) is 41.9 Å². The van der Waals surface area contributed by atoms with E-state index in [9.17, 15) is 4.39 Å². The van der Waals surface area contributed by atoms with Crippen LogP contribution in [0.25, 0.3) is 0 Å². The van der Waals surface area contributed by atoms with Gasteiger partial charge in [0.2, 0.25) is 0 Å². The minimum atomic E-state index is -0.164. The highest BCUT2D eigenvalue weighted by atomic mass is 79.9. The fraction of sp³-hybridized carbons (Fsp3) is 0.571. The Balaban J connectivity index is 2.26. The second-order valence-electron chi connectivity index (χ2n) is 4.82. The quantitative estimate of drug-likeness (QED) is 0.915. The highest BCUT2D eigenvalue weighted by molar-refractivity contribution is 9.10. The lowest BCUT2D eigenvalue weighted by atomic mass is 9.90. The minimum absolute atomic E-state index is 0.0254. The zero-order valence-electron chi connectivity index (χ0n) is 10.7. The maximum absolute atomic E-state index is 14.2. The van der Waals surface area contributed by atoms with Crippen LogP contribution in [0.2, 0.25) is 0 Å². The van der Waals surface area contributed by atoms with E-state index in [2.05, 4.69) is 28.2 Å². The maximum Gasteiger partial charge on any atom is 0.142 e. The summed E-state index contributed by atoms with van der Waals surface area (Å²) in [6.07, 6.45) is 1.25. The monoisotopic (exact) mass is 315 g/mol. The van der Waals surface area contributed by atoms with Crippen LogP contribution in [0, 0.1) is 11.7 Å². The predicted molar refractivity (Wildman–Crippen MR) is 74.0 cm³/mol. The van der Waals surface area contributed by atoms with Crippen LogP contribution in [-0.2, 0) is 4.74 Å². The third-order valence-electron chi connectivity index (χ3n) is 3.44. The first-order valence-electron chi connectivity index (χ1n) is 6.42. The van der Waals surface area contributed by atoms with Crippen molar-refractivity contribution in [1.82, 2.24) is 5.32 Å². The van der Waals surface area contributed by atoms with Gasteiger partial charge in [0.15, 0.2) is 0 Å². The molecule has 1 N–H and O–H groups in total. The average molecular weight is 316 g/mol. The third kappa shape index (κ3) is 2.92. The zero-order chi connectivity index (χ0) is 13.1. The summed E-state index contributed by atoms with van der Waals surface area (Å²) < 4.78 is 20.3. The van der Waals surface area contributed by atoms with Crippen molar-refractivity contribution in [2.75, 3.05) is 13.2 Å². The van der Waals surface area contributed by atoms with Crippen molar-refractivity contribution < 1.29 is 9.13 Å². The summed E-state index contributed by atoms with van der Waals surface area (Å²) in [6, 6.07) is 5.50.